The molecule has 2 fully saturated rings. The smallest absolute Gasteiger partial charge is 0.407 e. The van der Waals surface area contributed by atoms with Crippen molar-refractivity contribution in [1.82, 2.24) is 10.6 Å². The first kappa shape index (κ1) is 18.6. The van der Waals surface area contributed by atoms with Crippen LogP contribution in [0.2, 0.25) is 0 Å². The molecule has 0 bridgehead atoms. The summed E-state index contributed by atoms with van der Waals surface area (Å²) in [6, 6.07) is 1.01. The maximum atomic E-state index is 11.9. The van der Waals surface area contributed by atoms with E-state index in [1.54, 1.807) is 0 Å². The lowest BCUT2D eigenvalue weighted by Crippen LogP contribution is -2.49. The van der Waals surface area contributed by atoms with Crippen molar-refractivity contribution in [3.05, 3.63) is 0 Å². The Morgan fingerprint density at radius 3 is 2.39 bits per heavy atom. The van der Waals surface area contributed by atoms with Crippen LogP contribution in [0.5, 0.6) is 0 Å². The lowest BCUT2D eigenvalue weighted by atomic mass is 9.79. The molecule has 3 unspecified atom stereocenters. The number of carbonyl (C=O) groups is 1. The van der Waals surface area contributed by atoms with Crippen LogP contribution in [0.1, 0.15) is 73.1 Å². The maximum Gasteiger partial charge on any atom is 0.407 e. The van der Waals surface area contributed by atoms with Crippen LogP contribution in [0, 0.1) is 17.8 Å². The number of rotatable bonds is 6. The fourth-order valence-corrected chi connectivity index (χ4v) is 3.65. The third-order valence-electron chi connectivity index (χ3n) is 5.16. The number of carbonyl (C=O) groups excluding carboxylic acids is 1. The van der Waals surface area contributed by atoms with Crippen molar-refractivity contribution in [2.45, 2.75) is 90.8 Å². The van der Waals surface area contributed by atoms with Gasteiger partial charge >= 0.3 is 6.09 Å². The molecule has 2 aliphatic carbocycles. The molecule has 0 aromatic rings. The molecule has 2 rings (SSSR count). The molecule has 0 radical (unpaired) electrons. The number of ether oxygens (including phenoxy) is 1. The Bertz CT molecular complexity index is 385. The predicted molar refractivity (Wildman–Crippen MR) is 94.5 cm³/mol. The normalized spacial score (nSPS) is 26.9. The Morgan fingerprint density at radius 1 is 1.13 bits per heavy atom. The molecule has 4 heteroatoms. The van der Waals surface area contributed by atoms with Crippen LogP contribution in [0.4, 0.5) is 4.79 Å². The first-order valence-corrected chi connectivity index (χ1v) is 9.47. The highest BCUT2D eigenvalue weighted by Crippen LogP contribution is 2.35. The van der Waals surface area contributed by atoms with E-state index in [2.05, 4.69) is 24.5 Å². The molecule has 23 heavy (non-hydrogen) atoms. The summed E-state index contributed by atoms with van der Waals surface area (Å²) >= 11 is 0. The lowest BCUT2D eigenvalue weighted by Gasteiger charge is -2.35. The first-order valence-electron chi connectivity index (χ1n) is 9.47. The minimum Gasteiger partial charge on any atom is -0.444 e. The van der Waals surface area contributed by atoms with Crippen LogP contribution in [0.15, 0.2) is 0 Å². The molecular weight excluding hydrogens is 288 g/mol. The van der Waals surface area contributed by atoms with Gasteiger partial charge in [-0.15, -0.1) is 0 Å². The number of hydrogen-bond acceptors (Lipinski definition) is 3. The van der Waals surface area contributed by atoms with Crippen molar-refractivity contribution in [3.8, 4) is 0 Å². The van der Waals surface area contributed by atoms with E-state index in [0.29, 0.717) is 18.6 Å². The highest BCUT2D eigenvalue weighted by molar-refractivity contribution is 5.67. The van der Waals surface area contributed by atoms with E-state index in [-0.39, 0.29) is 6.09 Å². The van der Waals surface area contributed by atoms with E-state index in [1.807, 2.05) is 20.8 Å². The molecule has 3 atom stereocenters. The van der Waals surface area contributed by atoms with Gasteiger partial charge in [-0.3, -0.25) is 0 Å². The van der Waals surface area contributed by atoms with Crippen LogP contribution in [-0.2, 0) is 4.74 Å². The highest BCUT2D eigenvalue weighted by Gasteiger charge is 2.34. The summed E-state index contributed by atoms with van der Waals surface area (Å²) in [4.78, 5) is 11.9. The fraction of sp³-hybridized carbons (Fsp3) is 0.947. The van der Waals surface area contributed by atoms with Crippen LogP contribution in [0.3, 0.4) is 0 Å². The van der Waals surface area contributed by atoms with Gasteiger partial charge in [0.2, 0.25) is 0 Å². The molecular formula is C19H36N2O2. The van der Waals surface area contributed by atoms with Gasteiger partial charge in [-0.1, -0.05) is 26.7 Å². The maximum absolute atomic E-state index is 11.9. The van der Waals surface area contributed by atoms with Crippen molar-refractivity contribution in [2.24, 2.45) is 17.8 Å². The van der Waals surface area contributed by atoms with Crippen LogP contribution >= 0.6 is 0 Å². The summed E-state index contributed by atoms with van der Waals surface area (Å²) in [6.07, 6.45) is 7.54. The van der Waals surface area contributed by atoms with Crippen LogP contribution in [-0.4, -0.2) is 30.3 Å². The van der Waals surface area contributed by atoms with E-state index in [1.165, 1.54) is 38.5 Å². The molecule has 134 valence electrons. The molecule has 4 nitrogen and oxygen atoms in total. The monoisotopic (exact) mass is 324 g/mol. The minimum atomic E-state index is -0.430. The Hall–Kier alpha value is -0.770. The van der Waals surface area contributed by atoms with Gasteiger partial charge in [0.05, 0.1) is 0 Å². The topological polar surface area (TPSA) is 50.4 Å². The molecule has 0 aliphatic heterocycles. The quantitative estimate of drug-likeness (QED) is 0.773. The minimum absolute atomic E-state index is 0.298. The molecule has 1 amide bonds. The van der Waals surface area contributed by atoms with Crippen molar-refractivity contribution >= 4 is 6.09 Å². The zero-order valence-electron chi connectivity index (χ0n) is 15.7. The van der Waals surface area contributed by atoms with Gasteiger partial charge in [-0.2, -0.15) is 0 Å². The molecule has 2 saturated carbocycles. The first-order chi connectivity index (χ1) is 10.7. The Kier molecular flexibility index (Phi) is 6.35. The largest absolute Gasteiger partial charge is 0.444 e. The van der Waals surface area contributed by atoms with Gasteiger partial charge in [0.25, 0.3) is 0 Å². The molecule has 0 saturated heterocycles. The average Bonchev–Trinajstić information content (AvgIpc) is 3.26. The molecule has 0 heterocycles. The fourth-order valence-electron chi connectivity index (χ4n) is 3.65. The highest BCUT2D eigenvalue weighted by atomic mass is 16.6. The van der Waals surface area contributed by atoms with E-state index in [9.17, 15) is 4.79 Å². The van der Waals surface area contributed by atoms with E-state index in [4.69, 9.17) is 4.74 Å². The van der Waals surface area contributed by atoms with Crippen molar-refractivity contribution in [3.63, 3.8) is 0 Å². The molecule has 0 aromatic carbocycles. The third kappa shape index (κ3) is 6.70. The van der Waals surface area contributed by atoms with Crippen LogP contribution in [0.25, 0.3) is 0 Å². The van der Waals surface area contributed by atoms with Crippen molar-refractivity contribution in [1.29, 1.82) is 0 Å². The summed E-state index contributed by atoms with van der Waals surface area (Å²) in [5, 5.41) is 6.81. The Morgan fingerprint density at radius 2 is 1.83 bits per heavy atom. The summed E-state index contributed by atoms with van der Waals surface area (Å²) < 4.78 is 5.35. The Balaban J connectivity index is 1.79. The van der Waals surface area contributed by atoms with E-state index < -0.39 is 5.60 Å². The average molecular weight is 325 g/mol. The second-order valence-electron chi connectivity index (χ2n) is 8.86. The van der Waals surface area contributed by atoms with Crippen molar-refractivity contribution < 1.29 is 9.53 Å². The third-order valence-corrected chi connectivity index (χ3v) is 5.16. The number of nitrogens with one attached hydrogen (secondary N) is 2. The Labute approximate surface area is 142 Å². The SMILES string of the molecule is CC(C)C1CCCC(NC(CNC(=O)OC(C)(C)C)C2CC2)C1. The molecule has 2 aliphatic rings. The molecule has 0 spiro atoms. The lowest BCUT2D eigenvalue weighted by molar-refractivity contribution is 0.0519. The standard InChI is InChI=1S/C19H36N2O2/c1-13(2)15-7-6-8-16(11-15)21-17(14-9-10-14)12-20-18(22)23-19(3,4)5/h13-17,21H,6-12H2,1-5H3,(H,20,22). The zero-order valence-corrected chi connectivity index (χ0v) is 15.7. The second-order valence-corrected chi connectivity index (χ2v) is 8.86. The summed E-state index contributed by atoms with van der Waals surface area (Å²) in [6.45, 7) is 11.1. The van der Waals surface area contributed by atoms with E-state index in [0.717, 1.165) is 17.8 Å². The van der Waals surface area contributed by atoms with Gasteiger partial charge < -0.3 is 15.4 Å². The van der Waals surface area contributed by atoms with Crippen molar-refractivity contribution in [2.75, 3.05) is 6.54 Å². The summed E-state index contributed by atoms with van der Waals surface area (Å²) in [5.41, 5.74) is -0.430. The molecule has 0 aromatic heterocycles. The van der Waals surface area contributed by atoms with Gasteiger partial charge in [-0.25, -0.2) is 4.79 Å². The van der Waals surface area contributed by atoms with Gasteiger partial charge in [0, 0.05) is 18.6 Å². The van der Waals surface area contributed by atoms with Gasteiger partial charge in [0.15, 0.2) is 0 Å². The predicted octanol–water partition coefficient (Wildman–Crippen LogP) is 4.09. The summed E-state index contributed by atoms with van der Waals surface area (Å²) in [7, 11) is 0. The molecule has 2 N–H and O–H groups in total. The zero-order chi connectivity index (χ0) is 17.0. The van der Waals surface area contributed by atoms with Gasteiger partial charge in [-0.05, 0) is 64.2 Å². The second kappa shape index (κ2) is 7.87. The summed E-state index contributed by atoms with van der Waals surface area (Å²) in [5.74, 6) is 2.35. The number of hydrogen-bond donors (Lipinski definition) is 2. The number of amides is 1. The van der Waals surface area contributed by atoms with Gasteiger partial charge in [0.1, 0.15) is 5.60 Å². The van der Waals surface area contributed by atoms with E-state index >= 15 is 0 Å². The number of alkyl carbamates (subject to hydrolysis) is 1. The van der Waals surface area contributed by atoms with Crippen LogP contribution < -0.4 is 10.6 Å².